The van der Waals surface area contributed by atoms with E-state index in [0.29, 0.717) is 0 Å². The first-order valence-corrected chi connectivity index (χ1v) is 7.35. The number of phenols is 1. The van der Waals surface area contributed by atoms with Gasteiger partial charge in [-0.1, -0.05) is 0 Å². The molecule has 1 aromatic rings. The Morgan fingerprint density at radius 3 is 2.56 bits per heavy atom. The van der Waals surface area contributed by atoms with E-state index in [1.165, 1.54) is 13.0 Å². The van der Waals surface area contributed by atoms with Crippen LogP contribution in [-0.2, 0) is 8.53 Å². The van der Waals surface area contributed by atoms with Crippen LogP contribution in [0.25, 0.3) is 0 Å². The van der Waals surface area contributed by atoms with Crippen molar-refractivity contribution in [2.45, 2.75) is 6.92 Å². The van der Waals surface area contributed by atoms with Crippen LogP contribution in [0.4, 0.5) is 5.69 Å². The molecule has 16 heavy (non-hydrogen) atoms. The Labute approximate surface area is 94.0 Å². The molecule has 0 unspecified atom stereocenters. The summed E-state index contributed by atoms with van der Waals surface area (Å²) in [5, 5.41) is 11.6. The van der Waals surface area contributed by atoms with Gasteiger partial charge in [-0.15, -0.1) is 0 Å². The Kier molecular flexibility index (Phi) is 3.64. The van der Waals surface area contributed by atoms with Crippen molar-refractivity contribution in [2.75, 3.05) is 5.32 Å². The van der Waals surface area contributed by atoms with Crippen LogP contribution < -0.4 is 9.04 Å². The average Bonchev–Trinajstić information content (AvgIpc) is 2.07. The predicted molar refractivity (Wildman–Crippen MR) is 53.9 cm³/mol. The van der Waals surface area contributed by atoms with E-state index >= 15 is 0 Å². The van der Waals surface area contributed by atoms with E-state index in [4.69, 9.17) is 8.19 Å². The third-order valence-electron chi connectivity index (χ3n) is 1.50. The molecule has 0 aromatic heterocycles. The molecule has 1 rings (SSSR count). The number of aromatic hydroxyl groups is 1. The zero-order chi connectivity index (χ0) is 12.3. The Morgan fingerprint density at radius 2 is 2.06 bits per heavy atom. The van der Waals surface area contributed by atoms with Crippen LogP contribution in [0, 0.1) is 0 Å². The van der Waals surface area contributed by atoms with Crippen LogP contribution in [0.15, 0.2) is 18.2 Å². The van der Waals surface area contributed by atoms with Gasteiger partial charge in [0.1, 0.15) is 0 Å². The van der Waals surface area contributed by atoms with Crippen LogP contribution >= 0.6 is 0 Å². The maximum atomic E-state index is 10.7. The van der Waals surface area contributed by atoms with E-state index in [1.54, 1.807) is 0 Å². The summed E-state index contributed by atoms with van der Waals surface area (Å²) in [7, 11) is 0. The number of benzene rings is 1. The van der Waals surface area contributed by atoms with Crippen molar-refractivity contribution in [2.24, 2.45) is 0 Å². The van der Waals surface area contributed by atoms with Gasteiger partial charge in [0, 0.05) is 0 Å². The molecular weight excluding hydrogens is 281 g/mol. The van der Waals surface area contributed by atoms with E-state index in [-0.39, 0.29) is 17.2 Å². The third-order valence-corrected chi connectivity index (χ3v) is 2.44. The molecule has 88 valence electrons. The van der Waals surface area contributed by atoms with Crippen molar-refractivity contribution in [1.29, 1.82) is 0 Å². The van der Waals surface area contributed by atoms with Crippen LogP contribution in [0.1, 0.15) is 6.92 Å². The van der Waals surface area contributed by atoms with Crippen LogP contribution in [0.5, 0.6) is 11.5 Å². The molecule has 1 amide bonds. The summed E-state index contributed by atoms with van der Waals surface area (Å²) >= 11 is -5.25. The quantitative estimate of drug-likeness (QED) is 0.444. The first-order valence-electron chi connectivity index (χ1n) is 4.14. The summed E-state index contributed by atoms with van der Waals surface area (Å²) in [4.78, 5) is 10.7. The van der Waals surface area contributed by atoms with Gasteiger partial charge < -0.3 is 0 Å². The molecule has 4 N–H and O–H groups in total. The van der Waals surface area contributed by atoms with Crippen molar-refractivity contribution in [1.82, 2.24) is 0 Å². The molecule has 0 saturated heterocycles. The molecule has 0 heterocycles. The van der Waals surface area contributed by atoms with Gasteiger partial charge in [0.05, 0.1) is 0 Å². The number of hydrogen-bond acceptors (Lipinski definition) is 4. The van der Waals surface area contributed by atoms with Crippen LogP contribution in [0.3, 0.4) is 0 Å². The van der Waals surface area contributed by atoms with Crippen molar-refractivity contribution < 1.29 is 25.6 Å². The van der Waals surface area contributed by atoms with Crippen LogP contribution in [0.2, 0.25) is 0 Å². The predicted octanol–water partition coefficient (Wildman–Crippen LogP) is -0.420. The first-order chi connectivity index (χ1) is 7.28. The summed E-state index contributed by atoms with van der Waals surface area (Å²) in [5.41, 5.74) is 0.0222. The number of carbonyl (C=O) groups excluding carboxylic acids is 1. The molecule has 0 saturated carbocycles. The zero-order valence-electron chi connectivity index (χ0n) is 8.25. The molecule has 1 aromatic carbocycles. The minimum absolute atomic E-state index is 0.0222. The molecule has 0 radical (unpaired) electrons. The van der Waals surface area contributed by atoms with Gasteiger partial charge in [0.15, 0.2) is 0 Å². The Morgan fingerprint density at radius 1 is 1.44 bits per heavy atom. The fraction of sp³-hybridized carbons (Fsp3) is 0.125. The topological polar surface area (TPSA) is 116 Å². The second-order valence-electron chi connectivity index (χ2n) is 2.94. The first kappa shape index (κ1) is 12.6. The molecule has 0 fully saturated rings. The standard InChI is InChI=1S/C8H10AsNO6/c1-5(11)10-7-4-6(2-3-8(7)12)16-9(13,14)15/h2-4,12H,1H3,(H,10,11)(H2,13,14,15). The third kappa shape index (κ3) is 3.98. The molecule has 8 heteroatoms. The number of rotatable bonds is 3. The van der Waals surface area contributed by atoms with Gasteiger partial charge in [-0.05, 0) is 0 Å². The minimum atomic E-state index is -5.25. The van der Waals surface area contributed by atoms with Gasteiger partial charge in [-0.3, -0.25) is 0 Å². The monoisotopic (exact) mass is 291 g/mol. The molecule has 0 spiro atoms. The van der Waals surface area contributed by atoms with E-state index in [1.807, 2.05) is 0 Å². The summed E-state index contributed by atoms with van der Waals surface area (Å²) < 4.78 is 32.2. The Hall–Kier alpha value is -1.43. The van der Waals surface area contributed by atoms with Gasteiger partial charge in [-0.25, -0.2) is 0 Å². The van der Waals surface area contributed by atoms with Gasteiger partial charge in [-0.2, -0.15) is 0 Å². The van der Waals surface area contributed by atoms with Crippen LogP contribution in [-0.4, -0.2) is 33.7 Å². The van der Waals surface area contributed by atoms with Crippen molar-refractivity contribution >= 4 is 26.1 Å². The molecule has 0 bridgehead atoms. The van der Waals surface area contributed by atoms with E-state index in [2.05, 4.69) is 9.04 Å². The number of anilines is 1. The molecule has 0 aliphatic carbocycles. The molecule has 0 aliphatic rings. The van der Waals surface area contributed by atoms with E-state index in [9.17, 15) is 13.6 Å². The number of hydrogen-bond donors (Lipinski definition) is 4. The fourth-order valence-electron chi connectivity index (χ4n) is 0.999. The van der Waals surface area contributed by atoms with E-state index in [0.717, 1.165) is 12.1 Å². The Bertz CT molecular complexity index is 454. The number of carbonyl (C=O) groups is 1. The summed E-state index contributed by atoms with van der Waals surface area (Å²) in [6, 6.07) is 3.46. The fourth-order valence-corrected chi connectivity index (χ4v) is 1.81. The van der Waals surface area contributed by atoms with E-state index < -0.39 is 20.4 Å². The second kappa shape index (κ2) is 4.61. The van der Waals surface area contributed by atoms with Crippen molar-refractivity contribution in [3.8, 4) is 11.5 Å². The number of phenolic OH excluding ortho intramolecular Hbond substituents is 1. The number of nitrogens with one attached hydrogen (secondary N) is 1. The second-order valence-corrected chi connectivity index (χ2v) is 5.38. The zero-order valence-corrected chi connectivity index (χ0v) is 10.1. The Balaban J connectivity index is 2.98. The molecule has 0 atom stereocenters. The summed E-state index contributed by atoms with van der Waals surface area (Å²) in [5.74, 6) is -0.774. The summed E-state index contributed by atoms with van der Waals surface area (Å²) in [6.45, 7) is 1.24. The normalized spacial score (nSPS) is 10.9. The van der Waals surface area contributed by atoms with Gasteiger partial charge >= 0.3 is 93.6 Å². The molecule has 0 aliphatic heterocycles. The van der Waals surface area contributed by atoms with Crippen molar-refractivity contribution in [3.63, 3.8) is 0 Å². The SMILES string of the molecule is CC(=O)Nc1cc(O[As](=O)(O)O)ccc1O. The average molecular weight is 291 g/mol. The van der Waals surface area contributed by atoms with Gasteiger partial charge in [0.25, 0.3) is 0 Å². The number of amides is 1. The van der Waals surface area contributed by atoms with Crippen molar-refractivity contribution in [3.05, 3.63) is 18.2 Å². The molecular formula is C8H10AsNO6. The maximum absolute atomic E-state index is 10.7. The molecule has 7 nitrogen and oxygen atoms in total. The summed E-state index contributed by atoms with van der Waals surface area (Å²) in [6.07, 6.45) is 0. The van der Waals surface area contributed by atoms with Gasteiger partial charge in [0.2, 0.25) is 0 Å².